The molecule has 1 unspecified atom stereocenters. The second kappa shape index (κ2) is 7.51. The van der Waals surface area contributed by atoms with Crippen molar-refractivity contribution >= 4 is 11.3 Å². The van der Waals surface area contributed by atoms with E-state index in [1.807, 2.05) is 42.2 Å². The summed E-state index contributed by atoms with van der Waals surface area (Å²) in [6, 6.07) is 7.97. The average Bonchev–Trinajstić information content (AvgIpc) is 3.27. The molecule has 1 atom stereocenters. The van der Waals surface area contributed by atoms with Gasteiger partial charge in [-0.3, -0.25) is 5.32 Å². The van der Waals surface area contributed by atoms with E-state index in [1.165, 1.54) is 5.56 Å². The highest BCUT2D eigenvalue weighted by molar-refractivity contribution is 7.07. The number of benzene rings is 1. The summed E-state index contributed by atoms with van der Waals surface area (Å²) in [5, 5.41) is 7.83. The monoisotopic (exact) mass is 343 g/mol. The van der Waals surface area contributed by atoms with E-state index >= 15 is 0 Å². The molecular formula is C18H21N3O2S. The highest BCUT2D eigenvalue weighted by atomic mass is 32.1. The summed E-state index contributed by atoms with van der Waals surface area (Å²) in [5.41, 5.74) is 2.31. The fourth-order valence-electron chi connectivity index (χ4n) is 2.62. The molecule has 0 aliphatic rings. The number of methoxy groups -OCH3 is 2. The van der Waals surface area contributed by atoms with Gasteiger partial charge in [0.15, 0.2) is 0 Å². The summed E-state index contributed by atoms with van der Waals surface area (Å²) in [6.07, 6.45) is 3.76. The second-order valence-corrected chi connectivity index (χ2v) is 6.27. The Hall–Kier alpha value is -2.31. The first kappa shape index (κ1) is 16.5. The summed E-state index contributed by atoms with van der Waals surface area (Å²) < 4.78 is 12.8. The number of hydrogen-bond donors (Lipinski definition) is 1. The summed E-state index contributed by atoms with van der Waals surface area (Å²) >= 11 is 1.70. The van der Waals surface area contributed by atoms with Crippen molar-refractivity contribution in [2.75, 3.05) is 14.2 Å². The molecule has 0 spiro atoms. The zero-order chi connectivity index (χ0) is 16.9. The predicted molar refractivity (Wildman–Crippen MR) is 95.8 cm³/mol. The Morgan fingerprint density at radius 3 is 2.50 bits per heavy atom. The molecule has 3 rings (SSSR count). The first-order valence-electron chi connectivity index (χ1n) is 7.66. The van der Waals surface area contributed by atoms with Crippen LogP contribution < -0.4 is 14.8 Å². The van der Waals surface area contributed by atoms with Crippen molar-refractivity contribution < 1.29 is 9.47 Å². The van der Waals surface area contributed by atoms with E-state index in [1.54, 1.807) is 25.6 Å². The minimum absolute atomic E-state index is 0.0612. The molecule has 0 bridgehead atoms. The van der Waals surface area contributed by atoms with Crippen molar-refractivity contribution in [1.82, 2.24) is 14.9 Å². The number of aryl methyl sites for hydroxylation is 1. The number of rotatable bonds is 7. The van der Waals surface area contributed by atoms with Crippen LogP contribution in [-0.4, -0.2) is 23.8 Å². The Bertz CT molecular complexity index is 761. The number of aromatic nitrogens is 2. The van der Waals surface area contributed by atoms with E-state index in [0.29, 0.717) is 0 Å². The topological polar surface area (TPSA) is 48.3 Å². The van der Waals surface area contributed by atoms with Gasteiger partial charge in [0.2, 0.25) is 0 Å². The maximum atomic E-state index is 5.41. The fraction of sp³-hybridized carbons (Fsp3) is 0.278. The Balaban J connectivity index is 1.96. The highest BCUT2D eigenvalue weighted by Crippen LogP contribution is 2.29. The molecule has 1 N–H and O–H groups in total. The molecule has 24 heavy (non-hydrogen) atoms. The Morgan fingerprint density at radius 1 is 1.21 bits per heavy atom. The van der Waals surface area contributed by atoms with Crippen LogP contribution in [0.4, 0.5) is 0 Å². The van der Waals surface area contributed by atoms with Crippen LogP contribution in [0.1, 0.15) is 23.0 Å². The minimum Gasteiger partial charge on any atom is -0.497 e. The van der Waals surface area contributed by atoms with Crippen molar-refractivity contribution in [3.05, 3.63) is 64.4 Å². The molecule has 0 aliphatic carbocycles. The second-order valence-electron chi connectivity index (χ2n) is 5.49. The summed E-state index contributed by atoms with van der Waals surface area (Å²) in [7, 11) is 5.32. The lowest BCUT2D eigenvalue weighted by molar-refractivity contribution is 0.392. The number of thiophene rings is 1. The van der Waals surface area contributed by atoms with Crippen LogP contribution in [-0.2, 0) is 13.6 Å². The van der Waals surface area contributed by atoms with Gasteiger partial charge in [-0.2, -0.15) is 11.3 Å². The standard InChI is InChI=1S/C18H21N3O2S/c1-21-6-5-19-18(21)17(20-11-13-4-7-24-12-13)14-8-15(22-2)10-16(9-14)23-3/h4-10,12,17,20H,11H2,1-3H3. The van der Waals surface area contributed by atoms with Crippen LogP contribution in [0.25, 0.3) is 0 Å². The van der Waals surface area contributed by atoms with Crippen LogP contribution in [0.2, 0.25) is 0 Å². The summed E-state index contributed by atoms with van der Waals surface area (Å²) in [4.78, 5) is 4.52. The van der Waals surface area contributed by atoms with Gasteiger partial charge in [-0.15, -0.1) is 0 Å². The lowest BCUT2D eigenvalue weighted by Gasteiger charge is -2.20. The number of imidazole rings is 1. The van der Waals surface area contributed by atoms with Crippen LogP contribution in [0.15, 0.2) is 47.4 Å². The summed E-state index contributed by atoms with van der Waals surface area (Å²) in [5.74, 6) is 2.47. The first-order chi connectivity index (χ1) is 11.7. The number of hydrogen-bond acceptors (Lipinski definition) is 5. The normalized spacial score (nSPS) is 12.1. The van der Waals surface area contributed by atoms with Crippen molar-refractivity contribution in [3.8, 4) is 11.5 Å². The van der Waals surface area contributed by atoms with Crippen LogP contribution in [0, 0.1) is 0 Å². The zero-order valence-corrected chi connectivity index (χ0v) is 14.8. The molecule has 0 amide bonds. The van der Waals surface area contributed by atoms with Crippen LogP contribution in [0.5, 0.6) is 11.5 Å². The van der Waals surface area contributed by atoms with Gasteiger partial charge in [-0.25, -0.2) is 4.98 Å². The molecule has 2 aromatic heterocycles. The van der Waals surface area contributed by atoms with Gasteiger partial charge in [0.1, 0.15) is 17.3 Å². The lowest BCUT2D eigenvalue weighted by atomic mass is 10.0. The zero-order valence-electron chi connectivity index (χ0n) is 14.0. The molecular weight excluding hydrogens is 322 g/mol. The van der Waals surface area contributed by atoms with E-state index < -0.39 is 0 Å². The predicted octanol–water partition coefficient (Wildman–Crippen LogP) is 3.38. The van der Waals surface area contributed by atoms with Gasteiger partial charge < -0.3 is 14.0 Å². The van der Waals surface area contributed by atoms with E-state index in [9.17, 15) is 0 Å². The lowest BCUT2D eigenvalue weighted by Crippen LogP contribution is -2.24. The minimum atomic E-state index is -0.0612. The van der Waals surface area contributed by atoms with Crippen molar-refractivity contribution in [1.29, 1.82) is 0 Å². The van der Waals surface area contributed by atoms with E-state index in [4.69, 9.17) is 9.47 Å². The molecule has 2 heterocycles. The number of nitrogens with zero attached hydrogens (tertiary/aromatic N) is 2. The number of nitrogens with one attached hydrogen (secondary N) is 1. The molecule has 0 aliphatic heterocycles. The molecule has 1 aromatic carbocycles. The largest absolute Gasteiger partial charge is 0.497 e. The Kier molecular flexibility index (Phi) is 5.17. The van der Waals surface area contributed by atoms with E-state index in [2.05, 4.69) is 27.1 Å². The highest BCUT2D eigenvalue weighted by Gasteiger charge is 2.20. The van der Waals surface area contributed by atoms with Crippen molar-refractivity contribution in [2.24, 2.45) is 7.05 Å². The molecule has 0 radical (unpaired) electrons. The van der Waals surface area contributed by atoms with E-state index in [-0.39, 0.29) is 6.04 Å². The van der Waals surface area contributed by atoms with E-state index in [0.717, 1.165) is 29.4 Å². The molecule has 3 aromatic rings. The van der Waals surface area contributed by atoms with Gasteiger partial charge in [-0.05, 0) is 40.1 Å². The third-order valence-corrected chi connectivity index (χ3v) is 4.65. The third-order valence-electron chi connectivity index (χ3n) is 3.91. The van der Waals surface area contributed by atoms with Crippen molar-refractivity contribution in [2.45, 2.75) is 12.6 Å². The van der Waals surface area contributed by atoms with Gasteiger partial charge in [0.25, 0.3) is 0 Å². The SMILES string of the molecule is COc1cc(OC)cc(C(NCc2ccsc2)c2nccn2C)c1. The smallest absolute Gasteiger partial charge is 0.130 e. The van der Waals surface area contributed by atoms with Crippen LogP contribution >= 0.6 is 11.3 Å². The maximum absolute atomic E-state index is 5.41. The van der Waals surface area contributed by atoms with Crippen molar-refractivity contribution in [3.63, 3.8) is 0 Å². The molecule has 126 valence electrons. The molecule has 0 fully saturated rings. The Morgan fingerprint density at radius 2 is 1.96 bits per heavy atom. The van der Waals surface area contributed by atoms with Gasteiger partial charge in [0, 0.05) is 32.1 Å². The van der Waals surface area contributed by atoms with Gasteiger partial charge in [-0.1, -0.05) is 0 Å². The first-order valence-corrected chi connectivity index (χ1v) is 8.60. The molecule has 0 saturated carbocycles. The molecule has 0 saturated heterocycles. The van der Waals surface area contributed by atoms with Gasteiger partial charge in [0.05, 0.1) is 20.3 Å². The quantitative estimate of drug-likeness (QED) is 0.714. The summed E-state index contributed by atoms with van der Waals surface area (Å²) in [6.45, 7) is 0.764. The van der Waals surface area contributed by atoms with Crippen LogP contribution in [0.3, 0.4) is 0 Å². The van der Waals surface area contributed by atoms with Gasteiger partial charge >= 0.3 is 0 Å². The number of ether oxygens (including phenoxy) is 2. The Labute approximate surface area is 145 Å². The molecule has 5 nitrogen and oxygen atoms in total. The maximum Gasteiger partial charge on any atom is 0.130 e. The molecule has 6 heteroatoms. The average molecular weight is 343 g/mol. The third kappa shape index (κ3) is 3.60. The fourth-order valence-corrected chi connectivity index (χ4v) is 3.29.